The molecule has 1 atom stereocenters. The highest BCUT2D eigenvalue weighted by Crippen LogP contribution is 2.39. The summed E-state index contributed by atoms with van der Waals surface area (Å²) in [6.07, 6.45) is -1.70. The van der Waals surface area contributed by atoms with Crippen LogP contribution in [0.1, 0.15) is 48.1 Å². The fraction of sp³-hybridized carbons (Fsp3) is 0.385. The smallest absolute Gasteiger partial charge is 0.373 e. The molecule has 1 aliphatic rings. The minimum absolute atomic E-state index is 0.264. The summed E-state index contributed by atoms with van der Waals surface area (Å²) in [5.74, 6) is 0. The number of benzene rings is 2. The maximum absolute atomic E-state index is 13.5. The second-order valence-corrected chi connectivity index (χ2v) is 8.86. The summed E-state index contributed by atoms with van der Waals surface area (Å²) in [5, 5.41) is 9.58. The molecular weight excluding hydrogens is 427 g/mol. The van der Waals surface area contributed by atoms with Crippen molar-refractivity contribution in [2.45, 2.75) is 37.5 Å². The van der Waals surface area contributed by atoms with Gasteiger partial charge in [-0.3, -0.25) is 4.98 Å². The Morgan fingerprint density at radius 1 is 1.15 bits per heavy atom. The molecule has 172 valence electrons. The molecule has 0 N–H and O–H groups in total. The van der Waals surface area contributed by atoms with Gasteiger partial charge in [0.05, 0.1) is 35.4 Å². The Hall–Kier alpha value is -2.95. The maximum Gasteiger partial charge on any atom is 0.416 e. The number of halogens is 3. The van der Waals surface area contributed by atoms with Gasteiger partial charge in [0.2, 0.25) is 0 Å². The average molecular weight is 454 g/mol. The highest BCUT2D eigenvalue weighted by molar-refractivity contribution is 5.83. The molecule has 0 saturated carbocycles. The molecule has 0 aliphatic carbocycles. The zero-order valence-corrected chi connectivity index (χ0v) is 18.7. The van der Waals surface area contributed by atoms with E-state index in [4.69, 9.17) is 10.00 Å². The van der Waals surface area contributed by atoms with Gasteiger partial charge < -0.3 is 9.64 Å². The lowest BCUT2D eigenvalue weighted by molar-refractivity contribution is -0.137. The van der Waals surface area contributed by atoms with Crippen LogP contribution in [0.25, 0.3) is 10.9 Å². The Kier molecular flexibility index (Phi) is 6.42. The lowest BCUT2D eigenvalue weighted by atomic mass is 9.73. The first-order chi connectivity index (χ1) is 15.7. The molecule has 0 spiro atoms. The minimum atomic E-state index is -4.45. The third-order valence-corrected chi connectivity index (χ3v) is 6.68. The Morgan fingerprint density at radius 3 is 2.48 bits per heavy atom. The van der Waals surface area contributed by atoms with Gasteiger partial charge in [-0.15, -0.1) is 0 Å². The van der Waals surface area contributed by atoms with Crippen molar-refractivity contribution in [3.63, 3.8) is 0 Å². The van der Waals surface area contributed by atoms with E-state index in [1.165, 1.54) is 0 Å². The monoisotopic (exact) mass is 453 g/mol. The van der Waals surface area contributed by atoms with Gasteiger partial charge in [0.15, 0.2) is 0 Å². The molecule has 1 saturated heterocycles. The summed E-state index contributed by atoms with van der Waals surface area (Å²) >= 11 is 0. The number of ether oxygens (including phenoxy) is 1. The zero-order valence-electron chi connectivity index (χ0n) is 18.7. The molecule has 4 rings (SSSR count). The summed E-state index contributed by atoms with van der Waals surface area (Å²) in [5.41, 5.74) is 1.68. The highest BCUT2D eigenvalue weighted by Gasteiger charge is 2.37. The predicted octanol–water partition coefficient (Wildman–Crippen LogP) is 5.87. The van der Waals surface area contributed by atoms with E-state index < -0.39 is 17.8 Å². The summed E-state index contributed by atoms with van der Waals surface area (Å²) < 4.78 is 46.9. The van der Waals surface area contributed by atoms with Gasteiger partial charge in [-0.05, 0) is 75.8 Å². The Bertz CT molecular complexity index is 1160. The average Bonchev–Trinajstić information content (AvgIpc) is 2.82. The van der Waals surface area contributed by atoms with Crippen molar-refractivity contribution in [1.29, 1.82) is 5.26 Å². The number of piperidine rings is 1. The van der Waals surface area contributed by atoms with Crippen LogP contribution in [-0.4, -0.2) is 36.6 Å². The van der Waals surface area contributed by atoms with E-state index in [0.717, 1.165) is 43.6 Å². The second kappa shape index (κ2) is 9.12. The lowest BCUT2D eigenvalue weighted by Crippen LogP contribution is -2.44. The summed E-state index contributed by atoms with van der Waals surface area (Å²) in [7, 11) is 2.08. The van der Waals surface area contributed by atoms with Crippen molar-refractivity contribution in [2.24, 2.45) is 0 Å². The largest absolute Gasteiger partial charge is 0.416 e. The number of alkyl halides is 3. The van der Waals surface area contributed by atoms with Crippen LogP contribution in [0, 0.1) is 11.3 Å². The van der Waals surface area contributed by atoms with E-state index in [0.29, 0.717) is 28.6 Å². The molecule has 3 aromatic rings. The second-order valence-electron chi connectivity index (χ2n) is 8.86. The first-order valence-electron chi connectivity index (χ1n) is 11.0. The molecule has 0 radical (unpaired) electrons. The van der Waals surface area contributed by atoms with E-state index >= 15 is 0 Å². The standard InChI is InChI=1S/C26H26F3N3O/c1-18(23-15-22(26(27,28)29)14-20-4-3-11-31-24(20)23)33-17-25(9-12-32(2)13-10-25)21-7-5-19(16-30)6-8-21/h3-8,11,14-15,18H,9-10,12-13,17H2,1-2H3. The number of nitrogens with zero attached hydrogens (tertiary/aromatic N) is 3. The quantitative estimate of drug-likeness (QED) is 0.485. The number of likely N-dealkylation sites (tertiary alicyclic amines) is 1. The summed E-state index contributed by atoms with van der Waals surface area (Å²) in [6.45, 7) is 3.95. The van der Waals surface area contributed by atoms with Crippen molar-refractivity contribution >= 4 is 10.9 Å². The fourth-order valence-electron chi connectivity index (χ4n) is 4.53. The van der Waals surface area contributed by atoms with Gasteiger partial charge in [-0.2, -0.15) is 18.4 Å². The van der Waals surface area contributed by atoms with Crippen LogP contribution in [0.4, 0.5) is 13.2 Å². The van der Waals surface area contributed by atoms with E-state index in [9.17, 15) is 13.2 Å². The summed E-state index contributed by atoms with van der Waals surface area (Å²) in [4.78, 5) is 6.60. The third kappa shape index (κ3) is 4.87. The predicted molar refractivity (Wildman–Crippen MR) is 121 cm³/mol. The van der Waals surface area contributed by atoms with Crippen molar-refractivity contribution in [2.75, 3.05) is 26.7 Å². The SMILES string of the molecule is CC(OCC1(c2ccc(C#N)cc2)CCN(C)CC1)c1cc(C(F)(F)F)cc2cccnc12. The van der Waals surface area contributed by atoms with Crippen LogP contribution in [0.5, 0.6) is 0 Å². The van der Waals surface area contributed by atoms with Gasteiger partial charge in [0, 0.05) is 22.6 Å². The molecule has 33 heavy (non-hydrogen) atoms. The van der Waals surface area contributed by atoms with E-state index in [1.54, 1.807) is 25.3 Å². The lowest BCUT2D eigenvalue weighted by Gasteiger charge is -2.41. The van der Waals surface area contributed by atoms with Crippen LogP contribution in [0.15, 0.2) is 54.7 Å². The third-order valence-electron chi connectivity index (χ3n) is 6.68. The van der Waals surface area contributed by atoms with E-state index in [-0.39, 0.29) is 5.41 Å². The number of pyridine rings is 1. The first-order valence-corrected chi connectivity index (χ1v) is 11.0. The fourth-order valence-corrected chi connectivity index (χ4v) is 4.53. The Labute approximate surface area is 191 Å². The molecule has 1 aliphatic heterocycles. The normalized spacial score (nSPS) is 17.6. The topological polar surface area (TPSA) is 49.1 Å². The van der Waals surface area contributed by atoms with Crippen molar-refractivity contribution in [1.82, 2.24) is 9.88 Å². The van der Waals surface area contributed by atoms with Gasteiger partial charge in [0.1, 0.15) is 0 Å². The van der Waals surface area contributed by atoms with Crippen LogP contribution < -0.4 is 0 Å². The van der Waals surface area contributed by atoms with Gasteiger partial charge >= 0.3 is 6.18 Å². The van der Waals surface area contributed by atoms with Crippen molar-refractivity contribution in [3.8, 4) is 6.07 Å². The van der Waals surface area contributed by atoms with E-state index in [1.807, 2.05) is 24.3 Å². The molecule has 1 unspecified atom stereocenters. The highest BCUT2D eigenvalue weighted by atomic mass is 19.4. The van der Waals surface area contributed by atoms with Gasteiger partial charge in [-0.25, -0.2) is 0 Å². The number of fused-ring (bicyclic) bond motifs is 1. The molecule has 2 heterocycles. The summed E-state index contributed by atoms with van der Waals surface area (Å²) in [6, 6.07) is 15.3. The maximum atomic E-state index is 13.5. The first kappa shape index (κ1) is 23.2. The molecule has 7 heteroatoms. The molecule has 0 amide bonds. The van der Waals surface area contributed by atoms with Gasteiger partial charge in [-0.1, -0.05) is 18.2 Å². The Morgan fingerprint density at radius 2 is 1.85 bits per heavy atom. The number of hydrogen-bond donors (Lipinski definition) is 0. The zero-order chi connectivity index (χ0) is 23.6. The molecule has 0 bridgehead atoms. The molecular formula is C26H26F3N3O. The van der Waals surface area contributed by atoms with Gasteiger partial charge in [0.25, 0.3) is 0 Å². The number of nitriles is 1. The van der Waals surface area contributed by atoms with Crippen LogP contribution in [0.2, 0.25) is 0 Å². The minimum Gasteiger partial charge on any atom is -0.373 e. The molecule has 4 nitrogen and oxygen atoms in total. The number of hydrogen-bond acceptors (Lipinski definition) is 4. The van der Waals surface area contributed by atoms with Crippen LogP contribution in [0.3, 0.4) is 0 Å². The Balaban J connectivity index is 1.65. The van der Waals surface area contributed by atoms with E-state index in [2.05, 4.69) is 23.0 Å². The van der Waals surface area contributed by atoms with Crippen LogP contribution in [-0.2, 0) is 16.3 Å². The number of aromatic nitrogens is 1. The van der Waals surface area contributed by atoms with Crippen molar-refractivity contribution < 1.29 is 17.9 Å². The van der Waals surface area contributed by atoms with Crippen LogP contribution >= 0.6 is 0 Å². The number of rotatable bonds is 5. The molecule has 1 aromatic heterocycles. The molecule has 2 aromatic carbocycles. The molecule has 1 fully saturated rings. The van der Waals surface area contributed by atoms with Crippen molar-refractivity contribution in [3.05, 3.63) is 77.0 Å².